The molecule has 0 saturated carbocycles. The van der Waals surface area contributed by atoms with Gasteiger partial charge in [-0.3, -0.25) is 14.2 Å². The maximum atomic E-state index is 13.5. The number of halogens is 1. The highest BCUT2D eigenvalue weighted by molar-refractivity contribution is 7.18. The third-order valence-electron chi connectivity index (χ3n) is 4.14. The van der Waals surface area contributed by atoms with Crippen LogP contribution in [0, 0.1) is 19.7 Å². The minimum absolute atomic E-state index is 0.104. The molecule has 7 heteroatoms. The van der Waals surface area contributed by atoms with Crippen LogP contribution in [0.5, 0.6) is 0 Å². The standard InChI is InChI=1S/C18H18FN3O2S/c1-11-12(2)25-17-16(11)18(24)22(10-21-17)9-15(23)20-8-7-13-5-3-4-6-14(13)19/h3-6,10H,7-9H2,1-2H3,(H,20,23). The monoisotopic (exact) mass is 359 g/mol. The molecule has 0 spiro atoms. The Morgan fingerprint density at radius 2 is 2.08 bits per heavy atom. The van der Waals surface area contributed by atoms with Gasteiger partial charge in [-0.2, -0.15) is 0 Å². The molecule has 0 fully saturated rings. The van der Waals surface area contributed by atoms with E-state index in [9.17, 15) is 14.0 Å². The molecule has 5 nitrogen and oxygen atoms in total. The van der Waals surface area contributed by atoms with Crippen molar-refractivity contribution in [2.45, 2.75) is 26.8 Å². The van der Waals surface area contributed by atoms with E-state index >= 15 is 0 Å². The first kappa shape index (κ1) is 17.3. The zero-order valence-corrected chi connectivity index (χ0v) is 14.8. The summed E-state index contributed by atoms with van der Waals surface area (Å²) in [7, 11) is 0. The Balaban J connectivity index is 1.66. The molecule has 0 aliphatic heterocycles. The molecule has 0 aliphatic carbocycles. The SMILES string of the molecule is Cc1sc2ncn(CC(=O)NCCc3ccccc3F)c(=O)c2c1C. The molecule has 3 aromatic rings. The molecule has 0 bridgehead atoms. The molecule has 0 atom stereocenters. The van der Waals surface area contributed by atoms with Crippen LogP contribution in [0.1, 0.15) is 16.0 Å². The molecule has 1 N–H and O–H groups in total. The van der Waals surface area contributed by atoms with E-state index in [0.29, 0.717) is 28.7 Å². The Kier molecular flexibility index (Phi) is 4.94. The number of hydrogen-bond donors (Lipinski definition) is 1. The maximum Gasteiger partial charge on any atom is 0.262 e. The normalized spacial score (nSPS) is 11.0. The first-order valence-corrected chi connectivity index (χ1v) is 8.74. The summed E-state index contributed by atoms with van der Waals surface area (Å²) in [5.74, 6) is -0.588. The van der Waals surface area contributed by atoms with Gasteiger partial charge < -0.3 is 5.32 Å². The minimum atomic E-state index is -0.302. The largest absolute Gasteiger partial charge is 0.354 e. The summed E-state index contributed by atoms with van der Waals surface area (Å²) in [5.41, 5.74) is 1.25. The Bertz CT molecular complexity index is 994. The number of hydrogen-bond acceptors (Lipinski definition) is 4. The summed E-state index contributed by atoms with van der Waals surface area (Å²) >= 11 is 1.47. The van der Waals surface area contributed by atoms with Gasteiger partial charge in [0.15, 0.2) is 0 Å². The van der Waals surface area contributed by atoms with E-state index in [1.54, 1.807) is 18.2 Å². The van der Waals surface area contributed by atoms with E-state index in [1.807, 2.05) is 13.8 Å². The van der Waals surface area contributed by atoms with Crippen LogP contribution in [-0.4, -0.2) is 22.0 Å². The third-order valence-corrected chi connectivity index (χ3v) is 5.26. The van der Waals surface area contributed by atoms with Gasteiger partial charge in [-0.1, -0.05) is 18.2 Å². The van der Waals surface area contributed by atoms with Crippen molar-refractivity contribution in [3.63, 3.8) is 0 Å². The number of thiophene rings is 1. The summed E-state index contributed by atoms with van der Waals surface area (Å²) in [4.78, 5) is 30.6. The summed E-state index contributed by atoms with van der Waals surface area (Å²) in [6.07, 6.45) is 1.80. The van der Waals surface area contributed by atoms with Crippen LogP contribution in [-0.2, 0) is 17.8 Å². The van der Waals surface area contributed by atoms with E-state index in [4.69, 9.17) is 0 Å². The first-order valence-electron chi connectivity index (χ1n) is 7.92. The number of benzene rings is 1. The molecule has 0 unspecified atom stereocenters. The number of aromatic nitrogens is 2. The molecule has 2 aromatic heterocycles. The van der Waals surface area contributed by atoms with Crippen LogP contribution in [0.15, 0.2) is 35.4 Å². The Morgan fingerprint density at radius 3 is 2.84 bits per heavy atom. The lowest BCUT2D eigenvalue weighted by molar-refractivity contribution is -0.121. The van der Waals surface area contributed by atoms with Crippen molar-refractivity contribution in [1.29, 1.82) is 0 Å². The zero-order valence-electron chi connectivity index (χ0n) is 14.0. The predicted molar refractivity (Wildman–Crippen MR) is 96.5 cm³/mol. The number of carbonyl (C=O) groups excluding carboxylic acids is 1. The molecule has 2 heterocycles. The molecule has 0 radical (unpaired) electrons. The van der Waals surface area contributed by atoms with Crippen LogP contribution >= 0.6 is 11.3 Å². The Hall–Kier alpha value is -2.54. The van der Waals surface area contributed by atoms with Gasteiger partial charge in [-0.25, -0.2) is 9.37 Å². The van der Waals surface area contributed by atoms with Crippen LogP contribution < -0.4 is 10.9 Å². The second-order valence-electron chi connectivity index (χ2n) is 5.83. The van der Waals surface area contributed by atoms with E-state index in [1.165, 1.54) is 28.3 Å². The van der Waals surface area contributed by atoms with Gasteiger partial charge in [0, 0.05) is 11.4 Å². The van der Waals surface area contributed by atoms with E-state index in [0.717, 1.165) is 10.4 Å². The van der Waals surface area contributed by atoms with Crippen LogP contribution in [0.3, 0.4) is 0 Å². The van der Waals surface area contributed by atoms with Gasteiger partial charge in [0.05, 0.1) is 11.7 Å². The van der Waals surface area contributed by atoms with Crippen molar-refractivity contribution >= 4 is 27.5 Å². The fourth-order valence-corrected chi connectivity index (χ4v) is 3.62. The number of carbonyl (C=O) groups is 1. The average molecular weight is 359 g/mol. The smallest absolute Gasteiger partial charge is 0.262 e. The molecule has 1 aromatic carbocycles. The number of aryl methyl sites for hydroxylation is 2. The third kappa shape index (κ3) is 3.61. The van der Waals surface area contributed by atoms with Crippen LogP contribution in [0.2, 0.25) is 0 Å². The van der Waals surface area contributed by atoms with Gasteiger partial charge in [0.25, 0.3) is 5.56 Å². The van der Waals surface area contributed by atoms with E-state index < -0.39 is 0 Å². The lowest BCUT2D eigenvalue weighted by atomic mass is 10.1. The molecule has 1 amide bonds. The topological polar surface area (TPSA) is 64.0 Å². The van der Waals surface area contributed by atoms with Gasteiger partial charge in [0.1, 0.15) is 17.2 Å². The Labute approximate surface area is 148 Å². The maximum absolute atomic E-state index is 13.5. The summed E-state index contributed by atoms with van der Waals surface area (Å²) in [6.45, 7) is 4.03. The molecular weight excluding hydrogens is 341 g/mol. The molecule has 0 aliphatic rings. The van der Waals surface area contributed by atoms with Gasteiger partial charge in [-0.15, -0.1) is 11.3 Å². The quantitative estimate of drug-likeness (QED) is 0.761. The van der Waals surface area contributed by atoms with Crippen LogP contribution in [0.25, 0.3) is 10.2 Å². The second-order valence-corrected chi connectivity index (χ2v) is 7.04. The number of nitrogens with zero attached hydrogens (tertiary/aromatic N) is 2. The van der Waals surface area contributed by atoms with Crippen molar-refractivity contribution in [3.05, 3.63) is 62.8 Å². The van der Waals surface area contributed by atoms with Gasteiger partial charge in [-0.05, 0) is 37.5 Å². The first-order chi connectivity index (χ1) is 12.0. The number of amides is 1. The highest BCUT2D eigenvalue weighted by Crippen LogP contribution is 2.25. The number of nitrogens with one attached hydrogen (secondary N) is 1. The average Bonchev–Trinajstić information content (AvgIpc) is 2.87. The lowest BCUT2D eigenvalue weighted by Gasteiger charge is -2.08. The van der Waals surface area contributed by atoms with Crippen molar-refractivity contribution < 1.29 is 9.18 Å². The van der Waals surface area contributed by atoms with Crippen LogP contribution in [0.4, 0.5) is 4.39 Å². The lowest BCUT2D eigenvalue weighted by Crippen LogP contribution is -2.33. The van der Waals surface area contributed by atoms with Crippen molar-refractivity contribution in [3.8, 4) is 0 Å². The fourth-order valence-electron chi connectivity index (χ4n) is 2.63. The van der Waals surface area contributed by atoms with Gasteiger partial charge in [0.2, 0.25) is 5.91 Å². The molecule has 130 valence electrons. The summed E-state index contributed by atoms with van der Waals surface area (Å²) < 4.78 is 14.8. The number of rotatable bonds is 5. The van der Waals surface area contributed by atoms with E-state index in [2.05, 4.69) is 10.3 Å². The van der Waals surface area contributed by atoms with E-state index in [-0.39, 0.29) is 23.8 Å². The molecule has 3 rings (SSSR count). The van der Waals surface area contributed by atoms with Crippen molar-refractivity contribution in [2.24, 2.45) is 0 Å². The Morgan fingerprint density at radius 1 is 1.32 bits per heavy atom. The minimum Gasteiger partial charge on any atom is -0.354 e. The molecule has 0 saturated heterocycles. The predicted octanol–water partition coefficient (Wildman–Crippen LogP) is 2.57. The highest BCUT2D eigenvalue weighted by atomic mass is 32.1. The summed E-state index contributed by atoms with van der Waals surface area (Å²) in [6, 6.07) is 6.46. The second kappa shape index (κ2) is 7.14. The fraction of sp³-hybridized carbons (Fsp3) is 0.278. The number of fused-ring (bicyclic) bond motifs is 1. The van der Waals surface area contributed by atoms with Crippen molar-refractivity contribution in [1.82, 2.24) is 14.9 Å². The highest BCUT2D eigenvalue weighted by Gasteiger charge is 2.13. The van der Waals surface area contributed by atoms with Crippen molar-refractivity contribution in [2.75, 3.05) is 6.54 Å². The zero-order chi connectivity index (χ0) is 18.0. The van der Waals surface area contributed by atoms with Gasteiger partial charge >= 0.3 is 0 Å². The summed E-state index contributed by atoms with van der Waals surface area (Å²) in [5, 5.41) is 3.28. The molecular formula is C18H18FN3O2S. The molecule has 25 heavy (non-hydrogen) atoms.